The van der Waals surface area contributed by atoms with Crippen molar-refractivity contribution in [3.8, 4) is 17.0 Å². The molecule has 6 heterocycles. The van der Waals surface area contributed by atoms with Gasteiger partial charge >= 0.3 is 0 Å². The van der Waals surface area contributed by atoms with Gasteiger partial charge in [-0.1, -0.05) is 0 Å². The summed E-state index contributed by atoms with van der Waals surface area (Å²) in [5, 5.41) is 3.02. The number of hydrogen-bond acceptors (Lipinski definition) is 7. The summed E-state index contributed by atoms with van der Waals surface area (Å²) in [6, 6.07) is 8.72. The number of nitrogens with zero attached hydrogens (tertiary/aromatic N) is 6. The lowest BCUT2D eigenvalue weighted by atomic mass is 9.71. The molecule has 11 heteroatoms. The standard InChI is InChI=1S/C35H41F2N7O2/c1-24-19-25-20-28(39-24)26-23-38-11-5-32(26)46-18-4-2-3-12-44-31-22-30(27(37)21-29(31)40-34(44)41-33(25)45)43-15-8-35(9-16-43)6-13-42(14-7-35)17-10-36/h5,11,19-23H,2-4,6-10,12-18H2,1H3,(H,40,41,45). The van der Waals surface area contributed by atoms with Gasteiger partial charge in [-0.3, -0.25) is 20.1 Å². The Morgan fingerprint density at radius 2 is 1.78 bits per heavy atom. The molecule has 3 aromatic heterocycles. The molecule has 2 saturated heterocycles. The zero-order valence-electron chi connectivity index (χ0n) is 26.4. The van der Waals surface area contributed by atoms with Crippen molar-refractivity contribution < 1.29 is 18.3 Å². The summed E-state index contributed by atoms with van der Waals surface area (Å²) in [4.78, 5) is 31.7. The van der Waals surface area contributed by atoms with Gasteiger partial charge in [-0.15, -0.1) is 0 Å². The van der Waals surface area contributed by atoms with E-state index in [2.05, 4.69) is 25.1 Å². The molecule has 1 amide bonds. The van der Waals surface area contributed by atoms with Crippen LogP contribution in [0.3, 0.4) is 0 Å². The molecule has 2 fully saturated rings. The highest BCUT2D eigenvalue weighted by Gasteiger charge is 2.38. The average molecular weight is 630 g/mol. The van der Waals surface area contributed by atoms with E-state index in [0.29, 0.717) is 59.5 Å². The van der Waals surface area contributed by atoms with Gasteiger partial charge in [-0.2, -0.15) is 0 Å². The van der Waals surface area contributed by atoms with Crippen LogP contribution in [0.15, 0.2) is 42.7 Å². The van der Waals surface area contributed by atoms with Gasteiger partial charge in [-0.25, -0.2) is 13.8 Å². The third-order valence-electron chi connectivity index (χ3n) is 10.1. The molecule has 3 aliphatic heterocycles. The second-order valence-electron chi connectivity index (χ2n) is 13.0. The molecule has 46 heavy (non-hydrogen) atoms. The Labute approximate surface area is 268 Å². The van der Waals surface area contributed by atoms with E-state index in [4.69, 9.17) is 9.72 Å². The van der Waals surface area contributed by atoms with Gasteiger partial charge in [-0.05, 0) is 94.6 Å². The van der Waals surface area contributed by atoms with Gasteiger partial charge in [0, 0.05) is 55.9 Å². The Kier molecular flexibility index (Phi) is 8.59. The van der Waals surface area contributed by atoms with Crippen LogP contribution in [-0.2, 0) is 6.54 Å². The van der Waals surface area contributed by atoms with E-state index in [1.54, 1.807) is 24.5 Å². The quantitative estimate of drug-likeness (QED) is 0.280. The second-order valence-corrected chi connectivity index (χ2v) is 13.0. The molecule has 1 aromatic carbocycles. The maximum absolute atomic E-state index is 15.7. The van der Waals surface area contributed by atoms with Crippen LogP contribution in [0, 0.1) is 18.2 Å². The number of carbonyl (C=O) groups excluding carboxylic acids is 1. The number of amides is 1. The Balaban J connectivity index is 1.17. The zero-order valence-corrected chi connectivity index (χ0v) is 26.4. The average Bonchev–Trinajstić information content (AvgIpc) is 3.38. The van der Waals surface area contributed by atoms with Crippen molar-refractivity contribution in [1.29, 1.82) is 0 Å². The van der Waals surface area contributed by atoms with Gasteiger partial charge in [0.1, 0.15) is 18.2 Å². The molecule has 2 bridgehead atoms. The molecular weight excluding hydrogens is 588 g/mol. The summed E-state index contributed by atoms with van der Waals surface area (Å²) < 4.78 is 36.7. The first kappa shape index (κ1) is 30.5. The predicted molar refractivity (Wildman–Crippen MR) is 175 cm³/mol. The topological polar surface area (TPSA) is 88.4 Å². The number of ether oxygens (including phenoxy) is 1. The molecule has 0 aliphatic carbocycles. The fraction of sp³-hybridized carbons (Fsp3) is 0.486. The summed E-state index contributed by atoms with van der Waals surface area (Å²) in [7, 11) is 0. The lowest BCUT2D eigenvalue weighted by Gasteiger charge is -2.47. The van der Waals surface area contributed by atoms with Gasteiger partial charge < -0.3 is 19.1 Å². The van der Waals surface area contributed by atoms with Crippen LogP contribution >= 0.6 is 0 Å². The summed E-state index contributed by atoms with van der Waals surface area (Å²) in [5.41, 5.74) is 4.63. The summed E-state index contributed by atoms with van der Waals surface area (Å²) in [6.45, 7) is 6.69. The van der Waals surface area contributed by atoms with Crippen LogP contribution in [0.4, 0.5) is 20.4 Å². The molecular formula is C35H41F2N7O2. The number of hydrogen-bond donors (Lipinski definition) is 1. The van der Waals surface area contributed by atoms with E-state index in [0.717, 1.165) is 82.2 Å². The highest BCUT2D eigenvalue weighted by molar-refractivity contribution is 6.05. The van der Waals surface area contributed by atoms with Crippen molar-refractivity contribution in [3.63, 3.8) is 0 Å². The molecule has 0 unspecified atom stereocenters. The van der Waals surface area contributed by atoms with Crippen molar-refractivity contribution in [1.82, 2.24) is 24.4 Å². The first-order valence-corrected chi connectivity index (χ1v) is 16.5. The van der Waals surface area contributed by atoms with E-state index >= 15 is 4.39 Å². The Bertz CT molecular complexity index is 1720. The predicted octanol–water partition coefficient (Wildman–Crippen LogP) is 6.41. The SMILES string of the molecule is Cc1cc2cc(n1)-c1cnccc1OCCCCCn1c(nc3cc(F)c(N4CCC5(CCN(CCF)CC5)CC4)cc31)NC2=O. The number of halogens is 2. The van der Waals surface area contributed by atoms with Crippen molar-refractivity contribution in [2.45, 2.75) is 58.4 Å². The van der Waals surface area contributed by atoms with E-state index in [-0.39, 0.29) is 23.8 Å². The second kappa shape index (κ2) is 12.9. The number of fused-ring (bicyclic) bond motifs is 7. The molecule has 0 atom stereocenters. The van der Waals surface area contributed by atoms with Crippen molar-refractivity contribution in [2.24, 2.45) is 5.41 Å². The lowest BCUT2D eigenvalue weighted by Crippen LogP contribution is -2.47. The monoisotopic (exact) mass is 629 g/mol. The molecule has 7 rings (SSSR count). The molecule has 3 aliphatic rings. The van der Waals surface area contributed by atoms with Gasteiger partial charge in [0.05, 0.1) is 34.6 Å². The van der Waals surface area contributed by atoms with Crippen LogP contribution in [-0.4, -0.2) is 76.3 Å². The van der Waals surface area contributed by atoms with Crippen LogP contribution in [0.5, 0.6) is 5.75 Å². The first-order valence-electron chi connectivity index (χ1n) is 16.5. The normalized spacial score (nSPS) is 19.1. The smallest absolute Gasteiger partial charge is 0.258 e. The minimum atomic E-state index is -0.316. The number of benzene rings is 1. The fourth-order valence-corrected chi connectivity index (χ4v) is 7.33. The van der Waals surface area contributed by atoms with Crippen molar-refractivity contribution in [2.75, 3.05) is 56.2 Å². The van der Waals surface area contributed by atoms with Gasteiger partial charge in [0.2, 0.25) is 5.95 Å². The summed E-state index contributed by atoms with van der Waals surface area (Å²) in [6.07, 6.45) is 10.2. The Morgan fingerprint density at radius 3 is 2.59 bits per heavy atom. The van der Waals surface area contributed by atoms with Crippen molar-refractivity contribution >= 4 is 28.6 Å². The number of pyridine rings is 2. The number of carbonyl (C=O) groups is 1. The largest absolute Gasteiger partial charge is 0.493 e. The number of imidazole rings is 1. The molecule has 1 N–H and O–H groups in total. The molecule has 0 radical (unpaired) electrons. The van der Waals surface area contributed by atoms with E-state index in [1.165, 1.54) is 6.07 Å². The summed E-state index contributed by atoms with van der Waals surface area (Å²) in [5.74, 6) is 0.473. The minimum Gasteiger partial charge on any atom is -0.493 e. The Hall–Kier alpha value is -4.12. The number of nitrogens with one attached hydrogen (secondary N) is 1. The molecule has 4 aromatic rings. The van der Waals surface area contributed by atoms with Crippen LogP contribution < -0.4 is 15.0 Å². The Morgan fingerprint density at radius 1 is 0.978 bits per heavy atom. The molecule has 242 valence electrons. The zero-order chi connectivity index (χ0) is 31.7. The molecule has 9 nitrogen and oxygen atoms in total. The number of alkyl halides is 1. The highest BCUT2D eigenvalue weighted by atomic mass is 19.1. The lowest BCUT2D eigenvalue weighted by molar-refractivity contribution is 0.0763. The van der Waals surface area contributed by atoms with Gasteiger partial charge in [0.15, 0.2) is 0 Å². The first-order chi connectivity index (χ1) is 22.4. The molecule has 0 saturated carbocycles. The van der Waals surface area contributed by atoms with E-state index in [9.17, 15) is 9.18 Å². The number of rotatable bonds is 3. The van der Waals surface area contributed by atoms with E-state index < -0.39 is 0 Å². The van der Waals surface area contributed by atoms with Crippen molar-refractivity contribution in [3.05, 3.63) is 59.8 Å². The van der Waals surface area contributed by atoms with Crippen LogP contribution in [0.2, 0.25) is 0 Å². The number of aromatic nitrogens is 4. The number of anilines is 2. The minimum absolute atomic E-state index is 0.261. The molecule has 1 spiro atoms. The van der Waals surface area contributed by atoms with E-state index in [1.807, 2.05) is 23.6 Å². The number of aryl methyl sites for hydroxylation is 2. The fourth-order valence-electron chi connectivity index (χ4n) is 7.33. The summed E-state index contributed by atoms with van der Waals surface area (Å²) >= 11 is 0. The maximum Gasteiger partial charge on any atom is 0.258 e. The van der Waals surface area contributed by atoms with Crippen LogP contribution in [0.1, 0.15) is 61.0 Å². The van der Waals surface area contributed by atoms with Crippen LogP contribution in [0.25, 0.3) is 22.3 Å². The third-order valence-corrected chi connectivity index (χ3v) is 10.1. The highest BCUT2D eigenvalue weighted by Crippen LogP contribution is 2.43. The third kappa shape index (κ3) is 6.17. The number of likely N-dealkylation sites (tertiary alicyclic amines) is 1. The van der Waals surface area contributed by atoms with Gasteiger partial charge in [0.25, 0.3) is 5.91 Å². The maximum atomic E-state index is 15.7. The number of piperidine rings is 2.